The first-order valence-corrected chi connectivity index (χ1v) is 5.97. The summed E-state index contributed by atoms with van der Waals surface area (Å²) in [4.78, 5) is 14.4. The molecule has 0 N–H and O–H groups in total. The maximum absolute atomic E-state index is 13.1. The van der Waals surface area contributed by atoms with E-state index in [1.807, 2.05) is 4.57 Å². The molecular formula is C14H10FN3O2. The van der Waals surface area contributed by atoms with Crippen LogP contribution >= 0.6 is 0 Å². The van der Waals surface area contributed by atoms with E-state index in [1.54, 1.807) is 30.6 Å². The summed E-state index contributed by atoms with van der Waals surface area (Å²) in [5.74, 6) is -0.398. The number of nitro benzene ring substituents is 1. The minimum atomic E-state index is -0.406. The summed E-state index contributed by atoms with van der Waals surface area (Å²) in [6, 6.07) is 8.00. The zero-order valence-electron chi connectivity index (χ0n) is 10.4. The highest BCUT2D eigenvalue weighted by Gasteiger charge is 2.13. The van der Waals surface area contributed by atoms with Gasteiger partial charge < -0.3 is 4.57 Å². The van der Waals surface area contributed by atoms with Gasteiger partial charge in [0.15, 0.2) is 0 Å². The molecule has 0 atom stereocenters. The molecule has 0 unspecified atom stereocenters. The molecule has 3 aromatic rings. The monoisotopic (exact) mass is 271 g/mol. The van der Waals surface area contributed by atoms with E-state index in [9.17, 15) is 14.5 Å². The van der Waals surface area contributed by atoms with E-state index in [4.69, 9.17) is 0 Å². The van der Waals surface area contributed by atoms with Crippen molar-refractivity contribution in [1.82, 2.24) is 9.55 Å². The number of fused-ring (bicyclic) bond motifs is 1. The lowest BCUT2D eigenvalue weighted by Crippen LogP contribution is -1.99. The maximum Gasteiger partial charge on any atom is 0.278 e. The predicted molar refractivity (Wildman–Crippen MR) is 71.9 cm³/mol. The topological polar surface area (TPSA) is 61.0 Å². The average Bonchev–Trinajstić information content (AvgIpc) is 2.82. The van der Waals surface area contributed by atoms with Gasteiger partial charge in [-0.05, 0) is 23.8 Å². The Bertz CT molecular complexity index is 798. The van der Waals surface area contributed by atoms with Crippen LogP contribution in [0.25, 0.3) is 10.9 Å². The zero-order valence-corrected chi connectivity index (χ0v) is 10.4. The average molecular weight is 271 g/mol. The molecule has 20 heavy (non-hydrogen) atoms. The molecule has 0 aliphatic rings. The van der Waals surface area contributed by atoms with Gasteiger partial charge in [0.25, 0.3) is 5.69 Å². The predicted octanol–water partition coefficient (Wildman–Crippen LogP) is 3.13. The number of aromatic nitrogens is 2. The van der Waals surface area contributed by atoms with Crippen LogP contribution in [0.15, 0.2) is 48.9 Å². The molecule has 100 valence electrons. The van der Waals surface area contributed by atoms with Gasteiger partial charge in [-0.25, -0.2) is 4.39 Å². The van der Waals surface area contributed by atoms with Crippen molar-refractivity contribution in [3.05, 3.63) is 70.4 Å². The van der Waals surface area contributed by atoms with E-state index < -0.39 is 10.7 Å². The second-order valence-corrected chi connectivity index (χ2v) is 4.42. The normalized spacial score (nSPS) is 10.8. The number of halogens is 1. The summed E-state index contributed by atoms with van der Waals surface area (Å²) in [6.45, 7) is 0.412. The highest BCUT2D eigenvalue weighted by Crippen LogP contribution is 2.26. The lowest BCUT2D eigenvalue weighted by Gasteiger charge is -2.05. The Morgan fingerprint density at radius 3 is 2.90 bits per heavy atom. The first kappa shape index (κ1) is 12.3. The first-order valence-electron chi connectivity index (χ1n) is 5.97. The fourth-order valence-electron chi connectivity index (χ4n) is 2.24. The number of hydrogen-bond acceptors (Lipinski definition) is 3. The van der Waals surface area contributed by atoms with Crippen LogP contribution in [0.5, 0.6) is 0 Å². The molecule has 0 radical (unpaired) electrons. The molecule has 0 amide bonds. The summed E-state index contributed by atoms with van der Waals surface area (Å²) in [5, 5.41) is 11.5. The van der Waals surface area contributed by atoms with Gasteiger partial charge in [-0.15, -0.1) is 0 Å². The fourth-order valence-corrected chi connectivity index (χ4v) is 2.24. The van der Waals surface area contributed by atoms with Crippen LogP contribution in [0, 0.1) is 15.9 Å². The van der Waals surface area contributed by atoms with Gasteiger partial charge in [-0.3, -0.25) is 15.1 Å². The van der Waals surface area contributed by atoms with Gasteiger partial charge in [0.2, 0.25) is 0 Å². The second-order valence-electron chi connectivity index (χ2n) is 4.42. The molecule has 2 heterocycles. The summed E-state index contributed by atoms with van der Waals surface area (Å²) >= 11 is 0. The van der Waals surface area contributed by atoms with Crippen LogP contribution in [-0.2, 0) is 6.54 Å². The van der Waals surface area contributed by atoms with Crippen LogP contribution in [-0.4, -0.2) is 14.5 Å². The SMILES string of the molecule is O=[N+]([O-])c1cccc2c1ccn2Cc1cncc(F)c1. The third-order valence-corrected chi connectivity index (χ3v) is 3.10. The number of benzene rings is 1. The molecule has 0 saturated heterocycles. The number of non-ortho nitro benzene ring substituents is 1. The van der Waals surface area contributed by atoms with Crippen LogP contribution in [0.1, 0.15) is 5.56 Å². The van der Waals surface area contributed by atoms with E-state index in [0.29, 0.717) is 17.5 Å². The summed E-state index contributed by atoms with van der Waals surface area (Å²) < 4.78 is 15.0. The van der Waals surface area contributed by atoms with Crippen LogP contribution in [0.4, 0.5) is 10.1 Å². The number of rotatable bonds is 3. The number of hydrogen-bond donors (Lipinski definition) is 0. The van der Waals surface area contributed by atoms with Crippen LogP contribution < -0.4 is 0 Å². The van der Waals surface area contributed by atoms with E-state index in [1.165, 1.54) is 12.1 Å². The third kappa shape index (κ3) is 2.11. The van der Waals surface area contributed by atoms with Crippen molar-refractivity contribution < 1.29 is 9.31 Å². The lowest BCUT2D eigenvalue weighted by molar-refractivity contribution is -0.383. The Morgan fingerprint density at radius 1 is 1.30 bits per heavy atom. The largest absolute Gasteiger partial charge is 0.343 e. The molecule has 0 bridgehead atoms. The molecule has 0 aliphatic carbocycles. The Kier molecular flexibility index (Phi) is 2.90. The molecule has 1 aromatic carbocycles. The van der Waals surface area contributed by atoms with Crippen LogP contribution in [0.2, 0.25) is 0 Å². The quantitative estimate of drug-likeness (QED) is 0.543. The lowest BCUT2D eigenvalue weighted by atomic mass is 10.2. The van der Waals surface area contributed by atoms with Gasteiger partial charge in [-0.1, -0.05) is 6.07 Å². The Balaban J connectivity index is 2.05. The van der Waals surface area contributed by atoms with Gasteiger partial charge >= 0.3 is 0 Å². The Hall–Kier alpha value is -2.76. The van der Waals surface area contributed by atoms with Gasteiger partial charge in [-0.2, -0.15) is 0 Å². The Labute approximate surface area is 113 Å². The molecule has 2 aromatic heterocycles. The van der Waals surface area contributed by atoms with Crippen molar-refractivity contribution in [1.29, 1.82) is 0 Å². The molecule has 0 saturated carbocycles. The van der Waals surface area contributed by atoms with E-state index in [-0.39, 0.29) is 5.69 Å². The summed E-state index contributed by atoms with van der Waals surface area (Å²) in [6.07, 6.45) is 4.47. The van der Waals surface area contributed by atoms with Gasteiger partial charge in [0.05, 0.1) is 22.0 Å². The number of nitrogens with zero attached hydrogens (tertiary/aromatic N) is 3. The van der Waals surface area contributed by atoms with Gasteiger partial charge in [0.1, 0.15) is 5.82 Å². The van der Waals surface area contributed by atoms with E-state index in [0.717, 1.165) is 11.7 Å². The highest BCUT2D eigenvalue weighted by atomic mass is 19.1. The maximum atomic E-state index is 13.1. The van der Waals surface area contributed by atoms with Crippen molar-refractivity contribution in [2.75, 3.05) is 0 Å². The second kappa shape index (κ2) is 4.73. The minimum Gasteiger partial charge on any atom is -0.343 e. The van der Waals surface area contributed by atoms with Crippen molar-refractivity contribution in [2.45, 2.75) is 6.54 Å². The van der Waals surface area contributed by atoms with Crippen molar-refractivity contribution in [3.8, 4) is 0 Å². The minimum absolute atomic E-state index is 0.0682. The van der Waals surface area contributed by atoms with E-state index >= 15 is 0 Å². The molecular weight excluding hydrogens is 261 g/mol. The third-order valence-electron chi connectivity index (χ3n) is 3.10. The molecule has 6 heteroatoms. The first-order chi connectivity index (χ1) is 9.65. The molecule has 3 rings (SSSR count). The van der Waals surface area contributed by atoms with Crippen molar-refractivity contribution >= 4 is 16.6 Å². The van der Waals surface area contributed by atoms with E-state index in [2.05, 4.69) is 4.98 Å². The molecule has 0 spiro atoms. The molecule has 0 aliphatic heterocycles. The number of pyridine rings is 1. The summed E-state index contributed by atoms with van der Waals surface area (Å²) in [7, 11) is 0. The molecule has 0 fully saturated rings. The number of nitro groups is 1. The van der Waals surface area contributed by atoms with Crippen LogP contribution in [0.3, 0.4) is 0 Å². The smallest absolute Gasteiger partial charge is 0.278 e. The fraction of sp³-hybridized carbons (Fsp3) is 0.0714. The Morgan fingerprint density at radius 2 is 2.15 bits per heavy atom. The summed E-state index contributed by atoms with van der Waals surface area (Å²) in [5.41, 5.74) is 1.51. The zero-order chi connectivity index (χ0) is 14.1. The molecule has 5 nitrogen and oxygen atoms in total. The van der Waals surface area contributed by atoms with Crippen molar-refractivity contribution in [3.63, 3.8) is 0 Å². The van der Waals surface area contributed by atoms with Gasteiger partial charge in [0, 0.05) is 25.0 Å². The standard InChI is InChI=1S/C14H10FN3O2/c15-11-6-10(7-16-8-11)9-17-5-4-12-13(17)2-1-3-14(12)18(19)20/h1-8H,9H2. The van der Waals surface area contributed by atoms with Crippen molar-refractivity contribution in [2.24, 2.45) is 0 Å². The highest BCUT2D eigenvalue weighted by molar-refractivity contribution is 5.89.